The van der Waals surface area contributed by atoms with Crippen LogP contribution in [0.25, 0.3) is 0 Å². The third-order valence-corrected chi connectivity index (χ3v) is 6.13. The van der Waals surface area contributed by atoms with Gasteiger partial charge in [0, 0.05) is 19.5 Å². The van der Waals surface area contributed by atoms with Gasteiger partial charge in [-0.15, -0.1) is 0 Å². The Labute approximate surface area is 165 Å². The molecule has 3 aliphatic rings. The molecule has 2 aromatic rings. The fourth-order valence-electron chi connectivity index (χ4n) is 4.65. The van der Waals surface area contributed by atoms with Gasteiger partial charge in [0.1, 0.15) is 0 Å². The van der Waals surface area contributed by atoms with Gasteiger partial charge in [0.15, 0.2) is 6.10 Å². The lowest BCUT2D eigenvalue weighted by molar-refractivity contribution is -0.122. The SMILES string of the molecule is CC1OC2(CCN(C3=NC(=O)C(Cc4ccccc4)O3)CC2)c2ccccc21. The Hall–Kier alpha value is -2.66. The molecule has 5 nitrogen and oxygen atoms in total. The predicted molar refractivity (Wildman–Crippen MR) is 106 cm³/mol. The highest BCUT2D eigenvalue weighted by Gasteiger charge is 2.46. The molecule has 0 radical (unpaired) electrons. The van der Waals surface area contributed by atoms with Crippen molar-refractivity contribution < 1.29 is 14.3 Å². The average Bonchev–Trinajstić information content (AvgIpc) is 3.22. The number of hydrogen-bond donors (Lipinski definition) is 0. The minimum Gasteiger partial charge on any atom is -0.451 e. The van der Waals surface area contributed by atoms with E-state index < -0.39 is 6.10 Å². The summed E-state index contributed by atoms with van der Waals surface area (Å²) in [6.07, 6.45) is 1.90. The first-order valence-electron chi connectivity index (χ1n) is 10.00. The number of likely N-dealkylation sites (tertiary alicyclic amines) is 1. The van der Waals surface area contributed by atoms with Gasteiger partial charge in [0.2, 0.25) is 0 Å². The summed E-state index contributed by atoms with van der Waals surface area (Å²) in [7, 11) is 0. The summed E-state index contributed by atoms with van der Waals surface area (Å²) in [6.45, 7) is 3.66. The van der Waals surface area contributed by atoms with Crippen molar-refractivity contribution in [1.82, 2.24) is 4.90 Å². The van der Waals surface area contributed by atoms with Gasteiger partial charge in [0.05, 0.1) is 11.7 Å². The van der Waals surface area contributed by atoms with Crippen molar-refractivity contribution in [3.63, 3.8) is 0 Å². The molecular formula is C23H24N2O3. The van der Waals surface area contributed by atoms with Crippen LogP contribution in [0.5, 0.6) is 0 Å². The van der Waals surface area contributed by atoms with E-state index in [9.17, 15) is 4.79 Å². The lowest BCUT2D eigenvalue weighted by Gasteiger charge is -2.39. The average molecular weight is 376 g/mol. The lowest BCUT2D eigenvalue weighted by atomic mass is 9.83. The number of benzene rings is 2. The Balaban J connectivity index is 1.26. The summed E-state index contributed by atoms with van der Waals surface area (Å²) in [4.78, 5) is 18.6. The third-order valence-electron chi connectivity index (χ3n) is 6.13. The molecule has 144 valence electrons. The summed E-state index contributed by atoms with van der Waals surface area (Å²) in [5.41, 5.74) is 3.47. The number of carbonyl (C=O) groups excluding carboxylic acids is 1. The Morgan fingerprint density at radius 1 is 1.07 bits per heavy atom. The zero-order valence-electron chi connectivity index (χ0n) is 16.0. The van der Waals surface area contributed by atoms with Crippen LogP contribution in [-0.2, 0) is 26.3 Å². The second kappa shape index (κ2) is 6.74. The molecule has 0 saturated carbocycles. The Bertz CT molecular complexity index is 916. The van der Waals surface area contributed by atoms with Gasteiger partial charge in [-0.25, -0.2) is 0 Å². The van der Waals surface area contributed by atoms with Crippen molar-refractivity contribution >= 4 is 11.9 Å². The second-order valence-electron chi connectivity index (χ2n) is 7.86. The number of amidine groups is 1. The highest BCUT2D eigenvalue weighted by Crippen LogP contribution is 2.49. The van der Waals surface area contributed by atoms with Crippen LogP contribution in [0.3, 0.4) is 0 Å². The van der Waals surface area contributed by atoms with E-state index in [2.05, 4.69) is 41.1 Å². The Kier molecular flexibility index (Phi) is 4.20. The van der Waals surface area contributed by atoms with Crippen LogP contribution in [0.15, 0.2) is 59.6 Å². The molecule has 1 amide bonds. The lowest BCUT2D eigenvalue weighted by Crippen LogP contribution is -2.45. The number of hydrogen-bond acceptors (Lipinski definition) is 4. The van der Waals surface area contributed by atoms with Crippen molar-refractivity contribution in [3.05, 3.63) is 71.3 Å². The summed E-state index contributed by atoms with van der Waals surface area (Å²) >= 11 is 0. The van der Waals surface area contributed by atoms with Crippen LogP contribution in [0, 0.1) is 0 Å². The number of rotatable bonds is 2. The van der Waals surface area contributed by atoms with Crippen molar-refractivity contribution in [2.24, 2.45) is 4.99 Å². The predicted octanol–water partition coefficient (Wildman–Crippen LogP) is 3.59. The van der Waals surface area contributed by atoms with Crippen molar-refractivity contribution in [3.8, 4) is 0 Å². The number of amides is 1. The molecule has 0 N–H and O–H groups in total. The monoisotopic (exact) mass is 376 g/mol. The molecule has 5 heteroatoms. The van der Waals surface area contributed by atoms with Crippen LogP contribution in [0.2, 0.25) is 0 Å². The first-order valence-corrected chi connectivity index (χ1v) is 10.00. The quantitative estimate of drug-likeness (QED) is 0.804. The molecule has 0 bridgehead atoms. The number of aliphatic imine (C=N–C) groups is 1. The van der Waals surface area contributed by atoms with Gasteiger partial charge in [0.25, 0.3) is 11.9 Å². The summed E-state index contributed by atoms with van der Waals surface area (Å²) < 4.78 is 12.4. The van der Waals surface area contributed by atoms with Gasteiger partial charge >= 0.3 is 0 Å². The van der Waals surface area contributed by atoms with Gasteiger partial charge in [-0.1, -0.05) is 54.6 Å². The number of piperidine rings is 1. The third kappa shape index (κ3) is 2.90. The molecule has 1 spiro atoms. The second-order valence-corrected chi connectivity index (χ2v) is 7.86. The molecule has 3 heterocycles. The van der Waals surface area contributed by atoms with Crippen molar-refractivity contribution in [2.75, 3.05) is 13.1 Å². The first-order chi connectivity index (χ1) is 13.6. The van der Waals surface area contributed by atoms with E-state index in [1.807, 2.05) is 30.3 Å². The normalized spacial score (nSPS) is 25.5. The van der Waals surface area contributed by atoms with E-state index in [0.29, 0.717) is 12.4 Å². The first kappa shape index (κ1) is 17.4. The van der Waals surface area contributed by atoms with Crippen LogP contribution in [-0.4, -0.2) is 36.0 Å². The van der Waals surface area contributed by atoms with Crippen molar-refractivity contribution in [2.45, 2.75) is 44.0 Å². The van der Waals surface area contributed by atoms with E-state index in [1.165, 1.54) is 11.1 Å². The Morgan fingerprint density at radius 2 is 1.79 bits per heavy atom. The van der Waals surface area contributed by atoms with E-state index in [-0.39, 0.29) is 17.6 Å². The maximum absolute atomic E-state index is 12.3. The minimum absolute atomic E-state index is 0.125. The van der Waals surface area contributed by atoms with E-state index in [1.54, 1.807) is 0 Å². The zero-order valence-corrected chi connectivity index (χ0v) is 16.0. The molecule has 2 atom stereocenters. The van der Waals surface area contributed by atoms with E-state index in [4.69, 9.17) is 9.47 Å². The van der Waals surface area contributed by atoms with Gasteiger partial charge in [-0.05, 0) is 36.5 Å². The number of nitrogens with zero attached hydrogens (tertiary/aromatic N) is 2. The topological polar surface area (TPSA) is 51.1 Å². The zero-order chi connectivity index (χ0) is 19.1. The summed E-state index contributed by atoms with van der Waals surface area (Å²) in [5.74, 6) is -0.185. The number of ether oxygens (including phenoxy) is 2. The van der Waals surface area contributed by atoms with Gasteiger partial charge in [-0.3, -0.25) is 4.79 Å². The summed E-state index contributed by atoms with van der Waals surface area (Å²) in [5, 5.41) is 0. The molecule has 2 unspecified atom stereocenters. The van der Waals surface area contributed by atoms with E-state index in [0.717, 1.165) is 31.5 Å². The van der Waals surface area contributed by atoms with Crippen LogP contribution in [0.4, 0.5) is 0 Å². The molecular weight excluding hydrogens is 352 g/mol. The van der Waals surface area contributed by atoms with Crippen LogP contribution in [0.1, 0.15) is 42.6 Å². The maximum Gasteiger partial charge on any atom is 0.296 e. The van der Waals surface area contributed by atoms with Crippen molar-refractivity contribution in [1.29, 1.82) is 0 Å². The smallest absolute Gasteiger partial charge is 0.296 e. The Morgan fingerprint density at radius 3 is 2.57 bits per heavy atom. The van der Waals surface area contributed by atoms with E-state index >= 15 is 0 Å². The fraction of sp³-hybridized carbons (Fsp3) is 0.391. The molecule has 1 saturated heterocycles. The van der Waals surface area contributed by atoms with Gasteiger partial charge in [-0.2, -0.15) is 4.99 Å². The van der Waals surface area contributed by atoms with Crippen LogP contribution >= 0.6 is 0 Å². The number of fused-ring (bicyclic) bond motifs is 2. The van der Waals surface area contributed by atoms with Crippen LogP contribution < -0.4 is 0 Å². The highest BCUT2D eigenvalue weighted by molar-refractivity contribution is 5.98. The summed E-state index contributed by atoms with van der Waals surface area (Å²) in [6, 6.07) is 18.9. The fourth-order valence-corrected chi connectivity index (χ4v) is 4.65. The molecule has 3 aliphatic heterocycles. The molecule has 5 rings (SSSR count). The highest BCUT2D eigenvalue weighted by atomic mass is 16.5. The maximum atomic E-state index is 12.3. The van der Waals surface area contributed by atoms with Gasteiger partial charge < -0.3 is 14.4 Å². The number of carbonyl (C=O) groups is 1. The molecule has 2 aromatic carbocycles. The molecule has 28 heavy (non-hydrogen) atoms. The standard InChI is InChI=1S/C23H24N2O3/c1-16-18-9-5-6-10-19(18)23(28-16)11-13-25(14-12-23)22-24-21(26)20(27-22)15-17-7-3-2-4-8-17/h2-10,16,20H,11-15H2,1H3. The minimum atomic E-state index is -0.517. The molecule has 0 aromatic heterocycles. The molecule has 0 aliphatic carbocycles. The largest absolute Gasteiger partial charge is 0.451 e. The molecule has 1 fully saturated rings.